The zero-order chi connectivity index (χ0) is 13.1. The Morgan fingerprint density at radius 2 is 2.22 bits per heavy atom. The smallest absolute Gasteiger partial charge is 0.308 e. The first kappa shape index (κ1) is 13.2. The van der Waals surface area contributed by atoms with Crippen LogP contribution in [-0.4, -0.2) is 35.1 Å². The number of carbonyl (C=O) groups is 1. The number of hydrogen-bond donors (Lipinski definition) is 1. The van der Waals surface area contributed by atoms with Gasteiger partial charge in [0.1, 0.15) is 5.01 Å². The fourth-order valence-corrected chi connectivity index (χ4v) is 3.47. The van der Waals surface area contributed by atoms with E-state index in [1.165, 1.54) is 11.3 Å². The summed E-state index contributed by atoms with van der Waals surface area (Å²) in [5.74, 6) is -0.796. The molecule has 96 valence electrons. The number of aliphatic carboxylic acids is 1. The van der Waals surface area contributed by atoms with Crippen LogP contribution in [0.15, 0.2) is 17.5 Å². The first-order chi connectivity index (χ1) is 8.54. The maximum atomic E-state index is 10.6. The van der Waals surface area contributed by atoms with E-state index in [0.717, 1.165) is 27.0 Å². The van der Waals surface area contributed by atoms with Crippen LogP contribution in [0.5, 0.6) is 0 Å². The molecule has 0 radical (unpaired) electrons. The van der Waals surface area contributed by atoms with Crippen LogP contribution in [0.2, 0.25) is 0 Å². The molecule has 0 fully saturated rings. The molecule has 4 nitrogen and oxygen atoms in total. The third-order valence-corrected chi connectivity index (χ3v) is 4.18. The Morgan fingerprint density at radius 3 is 2.89 bits per heavy atom. The lowest BCUT2D eigenvalue weighted by atomic mass is 10.3. The second-order valence-electron chi connectivity index (χ2n) is 4.20. The third kappa shape index (κ3) is 3.38. The van der Waals surface area contributed by atoms with Crippen molar-refractivity contribution in [2.75, 3.05) is 14.1 Å². The summed E-state index contributed by atoms with van der Waals surface area (Å²) in [5, 5.41) is 11.8. The molecular formula is C12H14N2O2S2. The number of thiazole rings is 1. The first-order valence-corrected chi connectivity index (χ1v) is 7.14. The van der Waals surface area contributed by atoms with E-state index in [1.807, 2.05) is 31.6 Å². The zero-order valence-electron chi connectivity index (χ0n) is 10.2. The van der Waals surface area contributed by atoms with E-state index in [9.17, 15) is 4.79 Å². The molecule has 0 saturated heterocycles. The second-order valence-corrected chi connectivity index (χ2v) is 6.31. The minimum atomic E-state index is -0.796. The molecule has 1 N–H and O–H groups in total. The van der Waals surface area contributed by atoms with Crippen molar-refractivity contribution < 1.29 is 9.90 Å². The lowest BCUT2D eigenvalue weighted by Crippen LogP contribution is -2.10. The first-order valence-electron chi connectivity index (χ1n) is 5.44. The van der Waals surface area contributed by atoms with Crippen molar-refractivity contribution in [2.24, 2.45) is 0 Å². The highest BCUT2D eigenvalue weighted by atomic mass is 32.1. The summed E-state index contributed by atoms with van der Waals surface area (Å²) in [6.45, 7) is 0.831. The van der Waals surface area contributed by atoms with Crippen LogP contribution in [0, 0.1) is 0 Å². The molecule has 0 amide bonds. The topological polar surface area (TPSA) is 53.4 Å². The quantitative estimate of drug-likeness (QED) is 0.915. The number of rotatable bonds is 5. The minimum Gasteiger partial charge on any atom is -0.481 e. The monoisotopic (exact) mass is 282 g/mol. The molecule has 0 saturated carbocycles. The van der Waals surface area contributed by atoms with Crippen LogP contribution in [0.25, 0.3) is 10.6 Å². The molecule has 2 aromatic heterocycles. The van der Waals surface area contributed by atoms with Crippen molar-refractivity contribution in [3.8, 4) is 10.6 Å². The van der Waals surface area contributed by atoms with Crippen LogP contribution in [-0.2, 0) is 17.8 Å². The van der Waals surface area contributed by atoms with Crippen molar-refractivity contribution >= 4 is 28.6 Å². The standard InChI is InChI=1S/C12H14N2O2S2/c1-14(2)6-11-13-9(7-17-11)10-4-3-8(18-10)5-12(15)16/h3-4,7H,5-6H2,1-2H3,(H,15,16). The fourth-order valence-electron chi connectivity index (χ4n) is 1.53. The van der Waals surface area contributed by atoms with Gasteiger partial charge in [-0.2, -0.15) is 0 Å². The summed E-state index contributed by atoms with van der Waals surface area (Å²) in [4.78, 5) is 19.2. The Kier molecular flexibility index (Phi) is 4.11. The van der Waals surface area contributed by atoms with E-state index >= 15 is 0 Å². The van der Waals surface area contributed by atoms with Gasteiger partial charge in [0.05, 0.1) is 17.0 Å². The van der Waals surface area contributed by atoms with Gasteiger partial charge in [0.2, 0.25) is 0 Å². The van der Waals surface area contributed by atoms with Gasteiger partial charge in [-0.15, -0.1) is 22.7 Å². The molecule has 2 rings (SSSR count). The molecule has 0 aliphatic heterocycles. The van der Waals surface area contributed by atoms with E-state index in [1.54, 1.807) is 11.3 Å². The Bertz CT molecular complexity index is 546. The van der Waals surface area contributed by atoms with E-state index < -0.39 is 5.97 Å². The number of nitrogens with zero attached hydrogens (tertiary/aromatic N) is 2. The van der Waals surface area contributed by atoms with Gasteiger partial charge in [-0.05, 0) is 26.2 Å². The third-order valence-electron chi connectivity index (χ3n) is 2.24. The fraction of sp³-hybridized carbons (Fsp3) is 0.333. The molecule has 0 unspecified atom stereocenters. The van der Waals surface area contributed by atoms with E-state index in [4.69, 9.17) is 5.11 Å². The van der Waals surface area contributed by atoms with Gasteiger partial charge < -0.3 is 10.0 Å². The molecule has 0 bridgehead atoms. The highest BCUT2D eigenvalue weighted by Crippen LogP contribution is 2.29. The van der Waals surface area contributed by atoms with Crippen LogP contribution in [0.1, 0.15) is 9.88 Å². The Labute approximate surface area is 114 Å². The van der Waals surface area contributed by atoms with Crippen LogP contribution >= 0.6 is 22.7 Å². The summed E-state index contributed by atoms with van der Waals surface area (Å²) in [5.41, 5.74) is 0.943. The van der Waals surface area contributed by atoms with Gasteiger partial charge in [0.25, 0.3) is 0 Å². The van der Waals surface area contributed by atoms with Crippen molar-refractivity contribution in [2.45, 2.75) is 13.0 Å². The van der Waals surface area contributed by atoms with Crippen molar-refractivity contribution in [1.29, 1.82) is 0 Å². The van der Waals surface area contributed by atoms with Crippen molar-refractivity contribution in [3.05, 3.63) is 27.4 Å². The van der Waals surface area contributed by atoms with E-state index in [-0.39, 0.29) is 6.42 Å². The van der Waals surface area contributed by atoms with Crippen molar-refractivity contribution in [3.63, 3.8) is 0 Å². The van der Waals surface area contributed by atoms with Gasteiger partial charge in [-0.25, -0.2) is 4.98 Å². The normalized spacial score (nSPS) is 11.1. The molecule has 0 atom stereocenters. The highest BCUT2D eigenvalue weighted by molar-refractivity contribution is 7.16. The van der Waals surface area contributed by atoms with Crippen LogP contribution in [0.3, 0.4) is 0 Å². The zero-order valence-corrected chi connectivity index (χ0v) is 11.8. The van der Waals surface area contributed by atoms with E-state index in [0.29, 0.717) is 0 Å². The van der Waals surface area contributed by atoms with Crippen molar-refractivity contribution in [1.82, 2.24) is 9.88 Å². The summed E-state index contributed by atoms with van der Waals surface area (Å²) >= 11 is 3.13. The van der Waals surface area contributed by atoms with Gasteiger partial charge in [-0.3, -0.25) is 4.79 Å². The maximum absolute atomic E-state index is 10.6. The summed E-state index contributed by atoms with van der Waals surface area (Å²) in [6, 6.07) is 3.80. The molecular weight excluding hydrogens is 268 g/mol. The lowest BCUT2D eigenvalue weighted by Gasteiger charge is -2.04. The average molecular weight is 282 g/mol. The Hall–Kier alpha value is -1.24. The number of aromatic nitrogens is 1. The van der Waals surface area contributed by atoms with Gasteiger partial charge >= 0.3 is 5.97 Å². The summed E-state index contributed by atoms with van der Waals surface area (Å²) in [6.07, 6.45) is 0.0827. The SMILES string of the molecule is CN(C)Cc1nc(-c2ccc(CC(=O)O)s2)cs1. The number of thiophene rings is 1. The lowest BCUT2D eigenvalue weighted by molar-refractivity contribution is -0.136. The Balaban J connectivity index is 2.13. The predicted octanol–water partition coefficient (Wildman–Crippen LogP) is 2.56. The van der Waals surface area contributed by atoms with Crippen LogP contribution < -0.4 is 0 Å². The molecule has 0 aliphatic rings. The van der Waals surface area contributed by atoms with Gasteiger partial charge in [0.15, 0.2) is 0 Å². The molecule has 0 spiro atoms. The number of carboxylic acids is 1. The Morgan fingerprint density at radius 1 is 1.44 bits per heavy atom. The largest absolute Gasteiger partial charge is 0.481 e. The maximum Gasteiger partial charge on any atom is 0.308 e. The number of carboxylic acid groups (broad SMARTS) is 1. The molecule has 2 aromatic rings. The minimum absolute atomic E-state index is 0.0827. The highest BCUT2D eigenvalue weighted by Gasteiger charge is 2.09. The van der Waals surface area contributed by atoms with E-state index in [2.05, 4.69) is 9.88 Å². The molecule has 18 heavy (non-hydrogen) atoms. The summed E-state index contributed by atoms with van der Waals surface area (Å²) < 4.78 is 0. The number of hydrogen-bond acceptors (Lipinski definition) is 5. The molecule has 0 aliphatic carbocycles. The van der Waals surface area contributed by atoms with Gasteiger partial charge in [-0.1, -0.05) is 0 Å². The van der Waals surface area contributed by atoms with Crippen LogP contribution in [0.4, 0.5) is 0 Å². The molecule has 6 heteroatoms. The second kappa shape index (κ2) is 5.60. The average Bonchev–Trinajstić information content (AvgIpc) is 2.85. The molecule has 0 aromatic carbocycles. The summed E-state index contributed by atoms with van der Waals surface area (Å²) in [7, 11) is 4.02. The molecule has 2 heterocycles. The van der Waals surface area contributed by atoms with Gasteiger partial charge in [0, 0.05) is 16.8 Å². The predicted molar refractivity (Wildman–Crippen MR) is 74.2 cm³/mol.